The van der Waals surface area contributed by atoms with E-state index in [0.717, 1.165) is 64.6 Å². The van der Waals surface area contributed by atoms with Crippen LogP contribution in [0.25, 0.3) is 0 Å². The van der Waals surface area contributed by atoms with Crippen molar-refractivity contribution >= 4 is 11.9 Å². The number of nitrogens with one attached hydrogen (secondary N) is 1. The lowest BCUT2D eigenvalue weighted by molar-refractivity contribution is -0.150. The van der Waals surface area contributed by atoms with Gasteiger partial charge in [-0.25, -0.2) is 0 Å². The summed E-state index contributed by atoms with van der Waals surface area (Å²) >= 11 is 0. The van der Waals surface area contributed by atoms with Gasteiger partial charge in [-0.2, -0.15) is 0 Å². The standard InChI is InChI=1S/C22H30N2O3/c25-20-16-19(22(27-20)11-4-5-12-22)21(26)23-18-9-14-24(15-10-18)13-8-17-6-2-1-3-7-17/h1-3,6-7,18-19H,4-5,8-16H2,(H,23,26). The van der Waals surface area contributed by atoms with Gasteiger partial charge in [0.25, 0.3) is 0 Å². The molecule has 2 heterocycles. The van der Waals surface area contributed by atoms with Gasteiger partial charge in [0.2, 0.25) is 5.91 Å². The molecule has 1 saturated carbocycles. The summed E-state index contributed by atoms with van der Waals surface area (Å²) in [5, 5.41) is 3.23. The van der Waals surface area contributed by atoms with Crippen molar-refractivity contribution in [2.45, 2.75) is 63.0 Å². The molecule has 1 atom stereocenters. The lowest BCUT2D eigenvalue weighted by Crippen LogP contribution is -2.49. The molecule has 5 nitrogen and oxygen atoms in total. The van der Waals surface area contributed by atoms with Crippen LogP contribution in [0.4, 0.5) is 0 Å². The quantitative estimate of drug-likeness (QED) is 0.810. The van der Waals surface area contributed by atoms with Gasteiger partial charge >= 0.3 is 5.97 Å². The van der Waals surface area contributed by atoms with E-state index in [-0.39, 0.29) is 30.3 Å². The zero-order valence-corrected chi connectivity index (χ0v) is 16.0. The minimum absolute atomic E-state index is 0.0329. The fraction of sp³-hybridized carbons (Fsp3) is 0.636. The van der Waals surface area contributed by atoms with Crippen LogP contribution in [-0.2, 0) is 20.7 Å². The monoisotopic (exact) mass is 370 g/mol. The summed E-state index contributed by atoms with van der Waals surface area (Å²) < 4.78 is 5.62. The summed E-state index contributed by atoms with van der Waals surface area (Å²) in [6, 6.07) is 10.8. The maximum Gasteiger partial charge on any atom is 0.307 e. The molecular formula is C22H30N2O3. The molecule has 1 amide bonds. The topological polar surface area (TPSA) is 58.6 Å². The summed E-state index contributed by atoms with van der Waals surface area (Å²) in [6.45, 7) is 3.10. The number of likely N-dealkylation sites (tertiary alicyclic amines) is 1. The predicted molar refractivity (Wildman–Crippen MR) is 103 cm³/mol. The van der Waals surface area contributed by atoms with Gasteiger partial charge in [-0.15, -0.1) is 0 Å². The van der Waals surface area contributed by atoms with Gasteiger partial charge in [0.05, 0.1) is 12.3 Å². The first-order chi connectivity index (χ1) is 13.1. The largest absolute Gasteiger partial charge is 0.458 e. The number of hydrogen-bond acceptors (Lipinski definition) is 4. The number of amides is 1. The first kappa shape index (κ1) is 18.5. The molecule has 2 aliphatic heterocycles. The predicted octanol–water partition coefficient (Wildman–Crippen LogP) is 2.69. The molecule has 0 radical (unpaired) electrons. The normalized spacial score (nSPS) is 25.6. The highest BCUT2D eigenvalue weighted by molar-refractivity contribution is 5.88. The molecule has 4 rings (SSSR count). The average molecular weight is 370 g/mol. The number of esters is 1. The van der Waals surface area contributed by atoms with E-state index in [1.165, 1.54) is 5.56 Å². The first-order valence-electron chi connectivity index (χ1n) is 10.4. The van der Waals surface area contributed by atoms with Crippen LogP contribution >= 0.6 is 0 Å². The molecule has 3 aliphatic rings. The Hall–Kier alpha value is -1.88. The van der Waals surface area contributed by atoms with E-state index in [4.69, 9.17) is 4.74 Å². The Morgan fingerprint density at radius 1 is 1.15 bits per heavy atom. The van der Waals surface area contributed by atoms with Gasteiger partial charge in [0.15, 0.2) is 0 Å². The van der Waals surface area contributed by atoms with Crippen LogP contribution in [0.3, 0.4) is 0 Å². The van der Waals surface area contributed by atoms with Crippen LogP contribution in [0.2, 0.25) is 0 Å². The van der Waals surface area contributed by atoms with Gasteiger partial charge in [0.1, 0.15) is 5.60 Å². The molecule has 146 valence electrons. The van der Waals surface area contributed by atoms with E-state index in [2.05, 4.69) is 40.5 Å². The highest BCUT2D eigenvalue weighted by atomic mass is 16.6. The van der Waals surface area contributed by atoms with Gasteiger partial charge < -0.3 is 15.0 Å². The lowest BCUT2D eigenvalue weighted by atomic mass is 9.84. The number of rotatable bonds is 5. The van der Waals surface area contributed by atoms with Gasteiger partial charge in [-0.3, -0.25) is 9.59 Å². The van der Waals surface area contributed by atoms with Crippen LogP contribution in [0, 0.1) is 5.92 Å². The second-order valence-electron chi connectivity index (χ2n) is 8.36. The molecule has 5 heteroatoms. The van der Waals surface area contributed by atoms with Crippen molar-refractivity contribution in [1.82, 2.24) is 10.2 Å². The van der Waals surface area contributed by atoms with E-state index >= 15 is 0 Å². The summed E-state index contributed by atoms with van der Waals surface area (Å²) in [4.78, 5) is 27.2. The van der Waals surface area contributed by atoms with Crippen molar-refractivity contribution in [1.29, 1.82) is 0 Å². The highest BCUT2D eigenvalue weighted by Gasteiger charge is 2.54. The van der Waals surface area contributed by atoms with E-state index in [0.29, 0.717) is 0 Å². The Kier molecular flexibility index (Phi) is 5.48. The van der Waals surface area contributed by atoms with Gasteiger partial charge in [-0.1, -0.05) is 30.3 Å². The number of carbonyl (C=O) groups excluding carboxylic acids is 2. The lowest BCUT2D eigenvalue weighted by Gasteiger charge is -2.34. The van der Waals surface area contributed by atoms with Gasteiger partial charge in [-0.05, 0) is 50.5 Å². The molecule has 1 aliphatic carbocycles. The van der Waals surface area contributed by atoms with Crippen LogP contribution in [-0.4, -0.2) is 48.1 Å². The summed E-state index contributed by atoms with van der Waals surface area (Å²) in [7, 11) is 0. The molecule has 1 spiro atoms. The summed E-state index contributed by atoms with van der Waals surface area (Å²) in [6.07, 6.45) is 7.07. The van der Waals surface area contributed by atoms with E-state index in [1.54, 1.807) is 0 Å². The van der Waals surface area contributed by atoms with Crippen LogP contribution in [0.5, 0.6) is 0 Å². The number of carbonyl (C=O) groups is 2. The van der Waals surface area contributed by atoms with E-state index < -0.39 is 5.60 Å². The Labute approximate surface area is 161 Å². The van der Waals surface area contributed by atoms with E-state index in [9.17, 15) is 9.59 Å². The maximum absolute atomic E-state index is 12.9. The van der Waals surface area contributed by atoms with Crippen LogP contribution in [0.1, 0.15) is 50.5 Å². The van der Waals surface area contributed by atoms with Crippen molar-refractivity contribution in [3.63, 3.8) is 0 Å². The molecule has 1 aromatic rings. The summed E-state index contributed by atoms with van der Waals surface area (Å²) in [5.41, 5.74) is 0.873. The second kappa shape index (κ2) is 8.01. The average Bonchev–Trinajstić information content (AvgIpc) is 3.28. The number of ether oxygens (including phenoxy) is 1. The van der Waals surface area contributed by atoms with Crippen molar-refractivity contribution in [2.24, 2.45) is 5.92 Å². The van der Waals surface area contributed by atoms with Crippen LogP contribution in [0.15, 0.2) is 30.3 Å². The van der Waals surface area contributed by atoms with Crippen molar-refractivity contribution in [3.8, 4) is 0 Å². The molecule has 1 aromatic carbocycles. The third-order valence-electron chi connectivity index (χ3n) is 6.58. The molecule has 2 saturated heterocycles. The van der Waals surface area contributed by atoms with Crippen molar-refractivity contribution in [3.05, 3.63) is 35.9 Å². The Balaban J connectivity index is 1.24. The molecular weight excluding hydrogens is 340 g/mol. The van der Waals surface area contributed by atoms with Gasteiger partial charge in [0, 0.05) is 25.7 Å². The third-order valence-corrected chi connectivity index (χ3v) is 6.58. The fourth-order valence-electron chi connectivity index (χ4n) is 4.98. The van der Waals surface area contributed by atoms with E-state index in [1.807, 2.05) is 0 Å². The number of hydrogen-bond donors (Lipinski definition) is 1. The minimum Gasteiger partial charge on any atom is -0.458 e. The third kappa shape index (κ3) is 4.18. The Morgan fingerprint density at radius 2 is 1.85 bits per heavy atom. The number of piperidine rings is 1. The summed E-state index contributed by atoms with van der Waals surface area (Å²) in [5.74, 6) is -0.457. The zero-order valence-electron chi connectivity index (χ0n) is 16.0. The molecule has 1 N–H and O–H groups in total. The zero-order chi connectivity index (χ0) is 18.7. The Morgan fingerprint density at radius 3 is 2.56 bits per heavy atom. The molecule has 0 aromatic heterocycles. The number of nitrogens with zero attached hydrogens (tertiary/aromatic N) is 1. The van der Waals surface area contributed by atoms with Crippen LogP contribution < -0.4 is 5.32 Å². The molecule has 1 unspecified atom stereocenters. The smallest absolute Gasteiger partial charge is 0.307 e. The maximum atomic E-state index is 12.9. The SMILES string of the molecule is O=C1CC(C(=O)NC2CCN(CCc3ccccc3)CC2)C2(CCCC2)O1. The fourth-order valence-corrected chi connectivity index (χ4v) is 4.98. The first-order valence-corrected chi connectivity index (χ1v) is 10.4. The molecule has 27 heavy (non-hydrogen) atoms. The molecule has 3 fully saturated rings. The highest BCUT2D eigenvalue weighted by Crippen LogP contribution is 2.45. The number of benzene rings is 1. The van der Waals surface area contributed by atoms with Crippen molar-refractivity contribution in [2.75, 3.05) is 19.6 Å². The van der Waals surface area contributed by atoms with Crippen molar-refractivity contribution < 1.29 is 14.3 Å². The minimum atomic E-state index is -0.502. The Bertz CT molecular complexity index is 661. The second-order valence-corrected chi connectivity index (χ2v) is 8.36. The molecule has 0 bridgehead atoms.